The van der Waals surface area contributed by atoms with E-state index in [-0.39, 0.29) is 11.7 Å². The summed E-state index contributed by atoms with van der Waals surface area (Å²) >= 11 is 0. The summed E-state index contributed by atoms with van der Waals surface area (Å²) in [7, 11) is 0. The Morgan fingerprint density at radius 3 is 2.47 bits per heavy atom. The van der Waals surface area contributed by atoms with Gasteiger partial charge >= 0.3 is 5.97 Å². The van der Waals surface area contributed by atoms with Crippen LogP contribution in [0.5, 0.6) is 0 Å². The van der Waals surface area contributed by atoms with E-state index in [2.05, 4.69) is 5.32 Å². The molecular weight excluding hydrogens is 221 g/mol. The van der Waals surface area contributed by atoms with E-state index >= 15 is 0 Å². The molecule has 0 heterocycles. The predicted octanol–water partition coefficient (Wildman–Crippen LogP) is 2.41. The third-order valence-corrected chi connectivity index (χ3v) is 2.92. The fourth-order valence-corrected chi connectivity index (χ4v) is 1.60. The first-order valence-corrected chi connectivity index (χ1v) is 5.75. The summed E-state index contributed by atoms with van der Waals surface area (Å²) in [4.78, 5) is 11.1. The predicted molar refractivity (Wildman–Crippen MR) is 64.1 cm³/mol. The van der Waals surface area contributed by atoms with Crippen molar-refractivity contribution in [1.29, 1.82) is 0 Å². The molecule has 1 rings (SSSR count). The van der Waals surface area contributed by atoms with E-state index in [4.69, 9.17) is 5.11 Å². The van der Waals surface area contributed by atoms with E-state index in [1.807, 2.05) is 13.8 Å². The van der Waals surface area contributed by atoms with Crippen molar-refractivity contribution in [2.45, 2.75) is 32.9 Å². The van der Waals surface area contributed by atoms with Crippen LogP contribution < -0.4 is 5.32 Å². The first kappa shape index (κ1) is 13.6. The largest absolute Gasteiger partial charge is 0.480 e. The van der Waals surface area contributed by atoms with Crippen LogP contribution in [0.15, 0.2) is 24.3 Å². The molecule has 0 radical (unpaired) electrons. The third-order valence-electron chi connectivity index (χ3n) is 2.92. The molecule has 3 nitrogen and oxygen atoms in total. The smallest absolute Gasteiger partial charge is 0.320 e. The second-order valence-electron chi connectivity index (χ2n) is 4.21. The summed E-state index contributed by atoms with van der Waals surface area (Å²) in [5.74, 6) is -1.07. The number of hydrogen-bond acceptors (Lipinski definition) is 2. The second-order valence-corrected chi connectivity index (χ2v) is 4.21. The van der Waals surface area contributed by atoms with Gasteiger partial charge in [-0.25, -0.2) is 4.39 Å². The highest BCUT2D eigenvalue weighted by Gasteiger charge is 2.22. The van der Waals surface area contributed by atoms with Crippen molar-refractivity contribution in [3.8, 4) is 0 Å². The van der Waals surface area contributed by atoms with Gasteiger partial charge in [0, 0.05) is 6.54 Å². The van der Waals surface area contributed by atoms with Crippen LogP contribution in [0.3, 0.4) is 0 Å². The lowest BCUT2D eigenvalue weighted by molar-refractivity contribution is -0.140. The zero-order chi connectivity index (χ0) is 12.8. The van der Waals surface area contributed by atoms with E-state index in [0.29, 0.717) is 6.54 Å². The Labute approximate surface area is 101 Å². The van der Waals surface area contributed by atoms with Gasteiger partial charge in [-0.3, -0.25) is 4.79 Å². The molecule has 2 N–H and O–H groups in total. The zero-order valence-corrected chi connectivity index (χ0v) is 10.1. The normalized spacial score (nSPS) is 14.3. The maximum Gasteiger partial charge on any atom is 0.320 e. The SMILES string of the molecule is CCC(C)C(NCc1ccc(F)cc1)C(=O)O. The number of carboxylic acid groups (broad SMARTS) is 1. The molecule has 0 amide bonds. The fourth-order valence-electron chi connectivity index (χ4n) is 1.60. The average molecular weight is 239 g/mol. The van der Waals surface area contributed by atoms with Gasteiger partial charge in [0.05, 0.1) is 0 Å². The number of nitrogens with one attached hydrogen (secondary N) is 1. The number of halogens is 1. The van der Waals surface area contributed by atoms with Crippen LogP contribution in [0.1, 0.15) is 25.8 Å². The lowest BCUT2D eigenvalue weighted by Crippen LogP contribution is -2.41. The molecule has 4 heteroatoms. The average Bonchev–Trinajstić information content (AvgIpc) is 2.31. The molecule has 0 aliphatic rings. The molecular formula is C13H18FNO2. The number of carboxylic acids is 1. The molecule has 0 aliphatic heterocycles. The number of rotatable bonds is 6. The molecule has 17 heavy (non-hydrogen) atoms. The van der Waals surface area contributed by atoms with Gasteiger partial charge in [0.15, 0.2) is 0 Å². The Morgan fingerprint density at radius 2 is 2.00 bits per heavy atom. The minimum absolute atomic E-state index is 0.0629. The van der Waals surface area contributed by atoms with Crippen LogP contribution in [-0.2, 0) is 11.3 Å². The summed E-state index contributed by atoms with van der Waals surface area (Å²) in [5, 5.41) is 12.1. The number of aliphatic carboxylic acids is 1. The van der Waals surface area contributed by atoms with Crippen molar-refractivity contribution in [2.75, 3.05) is 0 Å². The molecule has 0 aromatic heterocycles. The van der Waals surface area contributed by atoms with Crippen molar-refractivity contribution in [2.24, 2.45) is 5.92 Å². The van der Waals surface area contributed by atoms with Crippen LogP contribution in [0, 0.1) is 11.7 Å². The molecule has 0 aliphatic carbocycles. The third kappa shape index (κ3) is 4.15. The summed E-state index contributed by atoms with van der Waals surface area (Å²) in [6.07, 6.45) is 0.799. The summed E-state index contributed by atoms with van der Waals surface area (Å²) in [5.41, 5.74) is 0.876. The van der Waals surface area contributed by atoms with Crippen molar-refractivity contribution >= 4 is 5.97 Å². The van der Waals surface area contributed by atoms with Gasteiger partial charge in [0.25, 0.3) is 0 Å². The van der Waals surface area contributed by atoms with E-state index in [1.165, 1.54) is 12.1 Å². The van der Waals surface area contributed by atoms with Crippen LogP contribution in [0.2, 0.25) is 0 Å². The Balaban J connectivity index is 2.57. The molecule has 0 spiro atoms. The monoisotopic (exact) mass is 239 g/mol. The number of hydrogen-bond donors (Lipinski definition) is 2. The topological polar surface area (TPSA) is 49.3 Å². The minimum atomic E-state index is -0.846. The summed E-state index contributed by atoms with van der Waals surface area (Å²) in [6, 6.07) is 5.48. The number of benzene rings is 1. The van der Waals surface area contributed by atoms with E-state index < -0.39 is 12.0 Å². The molecule has 0 saturated heterocycles. The van der Waals surface area contributed by atoms with Crippen LogP contribution in [0.25, 0.3) is 0 Å². The lowest BCUT2D eigenvalue weighted by Gasteiger charge is -2.20. The van der Waals surface area contributed by atoms with Gasteiger partial charge in [-0.15, -0.1) is 0 Å². The van der Waals surface area contributed by atoms with Gasteiger partial charge in [0.1, 0.15) is 11.9 Å². The fraction of sp³-hybridized carbons (Fsp3) is 0.462. The second kappa shape index (κ2) is 6.35. The molecule has 94 valence electrons. The lowest BCUT2D eigenvalue weighted by atomic mass is 9.99. The Hall–Kier alpha value is -1.42. The Morgan fingerprint density at radius 1 is 1.41 bits per heavy atom. The maximum absolute atomic E-state index is 12.7. The van der Waals surface area contributed by atoms with Gasteiger partial charge in [-0.2, -0.15) is 0 Å². The van der Waals surface area contributed by atoms with Crippen molar-refractivity contribution in [3.63, 3.8) is 0 Å². The quantitative estimate of drug-likeness (QED) is 0.801. The molecule has 2 atom stereocenters. The molecule has 0 fully saturated rings. The van der Waals surface area contributed by atoms with Crippen LogP contribution >= 0.6 is 0 Å². The first-order chi connectivity index (χ1) is 8.04. The van der Waals surface area contributed by atoms with Crippen LogP contribution in [0.4, 0.5) is 4.39 Å². The van der Waals surface area contributed by atoms with E-state index in [0.717, 1.165) is 12.0 Å². The van der Waals surface area contributed by atoms with E-state index in [1.54, 1.807) is 12.1 Å². The van der Waals surface area contributed by atoms with Crippen molar-refractivity contribution < 1.29 is 14.3 Å². The van der Waals surface area contributed by atoms with Crippen LogP contribution in [-0.4, -0.2) is 17.1 Å². The molecule has 1 aromatic rings. The van der Waals surface area contributed by atoms with Gasteiger partial charge in [0.2, 0.25) is 0 Å². The maximum atomic E-state index is 12.7. The summed E-state index contributed by atoms with van der Waals surface area (Å²) in [6.45, 7) is 4.29. The minimum Gasteiger partial charge on any atom is -0.480 e. The van der Waals surface area contributed by atoms with Crippen molar-refractivity contribution in [3.05, 3.63) is 35.6 Å². The van der Waals surface area contributed by atoms with E-state index in [9.17, 15) is 9.18 Å². The highest BCUT2D eigenvalue weighted by atomic mass is 19.1. The van der Waals surface area contributed by atoms with Gasteiger partial charge in [-0.05, 0) is 23.6 Å². The first-order valence-electron chi connectivity index (χ1n) is 5.75. The Kier molecular flexibility index (Phi) is 5.10. The number of carbonyl (C=O) groups is 1. The highest BCUT2D eigenvalue weighted by Crippen LogP contribution is 2.09. The summed E-state index contributed by atoms with van der Waals surface area (Å²) < 4.78 is 12.7. The standard InChI is InChI=1S/C13H18FNO2/c1-3-9(2)12(13(16)17)15-8-10-4-6-11(14)7-5-10/h4-7,9,12,15H,3,8H2,1-2H3,(H,16,17). The molecule has 1 aromatic carbocycles. The van der Waals surface area contributed by atoms with Crippen molar-refractivity contribution in [1.82, 2.24) is 5.32 Å². The Bertz CT molecular complexity index is 364. The molecule has 0 saturated carbocycles. The van der Waals surface area contributed by atoms with Gasteiger partial charge in [-0.1, -0.05) is 32.4 Å². The molecule has 2 unspecified atom stereocenters. The highest BCUT2D eigenvalue weighted by molar-refractivity contribution is 5.73. The zero-order valence-electron chi connectivity index (χ0n) is 10.1. The van der Waals surface area contributed by atoms with Gasteiger partial charge < -0.3 is 10.4 Å². The molecule has 0 bridgehead atoms.